The van der Waals surface area contributed by atoms with E-state index in [4.69, 9.17) is 12.2 Å². The van der Waals surface area contributed by atoms with Gasteiger partial charge in [-0.15, -0.1) is 0 Å². The Balaban J connectivity index is 1.48. The molecule has 0 saturated heterocycles. The molecule has 2 N–H and O–H groups in total. The largest absolute Gasteiger partial charge is 0.361 e. The molecule has 3 nitrogen and oxygen atoms in total. The molecular formula is C17H31N3S. The van der Waals surface area contributed by atoms with Crippen LogP contribution >= 0.6 is 12.2 Å². The molecule has 120 valence electrons. The average Bonchev–Trinajstić information content (AvgIpc) is 3.08. The van der Waals surface area contributed by atoms with E-state index in [0.717, 1.165) is 23.5 Å². The maximum atomic E-state index is 5.57. The highest BCUT2D eigenvalue weighted by Gasteiger charge is 2.40. The van der Waals surface area contributed by atoms with Crippen LogP contribution in [0.2, 0.25) is 0 Å². The van der Waals surface area contributed by atoms with Gasteiger partial charge >= 0.3 is 0 Å². The van der Waals surface area contributed by atoms with E-state index in [9.17, 15) is 0 Å². The zero-order valence-electron chi connectivity index (χ0n) is 13.7. The van der Waals surface area contributed by atoms with Crippen LogP contribution in [-0.4, -0.2) is 42.2 Å². The minimum Gasteiger partial charge on any atom is -0.361 e. The molecule has 2 bridgehead atoms. The Morgan fingerprint density at radius 3 is 2.48 bits per heavy atom. The fourth-order valence-corrected chi connectivity index (χ4v) is 5.10. The topological polar surface area (TPSA) is 27.3 Å². The molecule has 3 atom stereocenters. The first kappa shape index (κ1) is 15.5. The van der Waals surface area contributed by atoms with Gasteiger partial charge < -0.3 is 15.5 Å². The summed E-state index contributed by atoms with van der Waals surface area (Å²) in [5.41, 5.74) is 0.304. The number of likely N-dealkylation sites (N-methyl/N-ethyl adjacent to an activating group) is 1. The zero-order chi connectivity index (χ0) is 14.9. The van der Waals surface area contributed by atoms with Crippen LogP contribution in [0.5, 0.6) is 0 Å². The second kappa shape index (κ2) is 6.41. The first-order valence-electron chi connectivity index (χ1n) is 8.81. The summed E-state index contributed by atoms with van der Waals surface area (Å²) < 4.78 is 0. The average molecular weight is 310 g/mol. The molecule has 3 saturated carbocycles. The van der Waals surface area contributed by atoms with E-state index in [1.165, 1.54) is 57.8 Å². The van der Waals surface area contributed by atoms with Gasteiger partial charge in [0.1, 0.15) is 0 Å². The van der Waals surface area contributed by atoms with E-state index in [1.807, 2.05) is 0 Å². The minimum absolute atomic E-state index is 0.304. The number of fused-ring (bicyclic) bond motifs is 2. The molecule has 4 heteroatoms. The Morgan fingerprint density at radius 2 is 1.90 bits per heavy atom. The van der Waals surface area contributed by atoms with Crippen molar-refractivity contribution in [1.82, 2.24) is 15.5 Å². The van der Waals surface area contributed by atoms with Crippen molar-refractivity contribution in [2.75, 3.05) is 20.6 Å². The molecule has 0 spiro atoms. The second-order valence-electron chi connectivity index (χ2n) is 7.79. The summed E-state index contributed by atoms with van der Waals surface area (Å²) in [6.45, 7) is 0.993. The molecular weight excluding hydrogens is 278 g/mol. The first-order chi connectivity index (χ1) is 10.1. The van der Waals surface area contributed by atoms with Gasteiger partial charge in [-0.1, -0.05) is 25.7 Å². The van der Waals surface area contributed by atoms with Crippen molar-refractivity contribution < 1.29 is 0 Å². The monoisotopic (exact) mass is 309 g/mol. The van der Waals surface area contributed by atoms with E-state index in [2.05, 4.69) is 29.6 Å². The maximum absolute atomic E-state index is 5.57. The molecule has 3 fully saturated rings. The van der Waals surface area contributed by atoms with Crippen molar-refractivity contribution in [3.05, 3.63) is 0 Å². The molecule has 3 rings (SSSR count). The van der Waals surface area contributed by atoms with Crippen molar-refractivity contribution in [2.24, 2.45) is 11.8 Å². The number of rotatable bonds is 4. The Labute approximate surface area is 135 Å². The molecule has 3 aliphatic rings. The van der Waals surface area contributed by atoms with Crippen molar-refractivity contribution in [3.63, 3.8) is 0 Å². The van der Waals surface area contributed by atoms with Crippen LogP contribution in [0, 0.1) is 11.8 Å². The van der Waals surface area contributed by atoms with Crippen LogP contribution in [0.1, 0.15) is 57.8 Å². The quantitative estimate of drug-likeness (QED) is 0.781. The smallest absolute Gasteiger partial charge is 0.166 e. The maximum Gasteiger partial charge on any atom is 0.166 e. The van der Waals surface area contributed by atoms with E-state index in [0.29, 0.717) is 11.6 Å². The van der Waals surface area contributed by atoms with E-state index < -0.39 is 0 Å². The Hall–Kier alpha value is -0.350. The molecule has 0 heterocycles. The SMILES string of the molecule is CN(C)C1(CNC(=S)N[C@@H]2C[C@@H]3CC[C@@H]2C3)CCCCC1. The Morgan fingerprint density at radius 1 is 1.14 bits per heavy atom. The number of nitrogens with zero attached hydrogens (tertiary/aromatic N) is 1. The third-order valence-electron chi connectivity index (χ3n) is 6.37. The lowest BCUT2D eigenvalue weighted by molar-refractivity contribution is 0.104. The van der Waals surface area contributed by atoms with Gasteiger partial charge in [0, 0.05) is 18.1 Å². The molecule has 21 heavy (non-hydrogen) atoms. The summed E-state index contributed by atoms with van der Waals surface area (Å²) in [4.78, 5) is 2.42. The Bertz CT molecular complexity index is 376. The minimum atomic E-state index is 0.304. The molecule has 3 aliphatic carbocycles. The van der Waals surface area contributed by atoms with Crippen LogP contribution in [-0.2, 0) is 0 Å². The van der Waals surface area contributed by atoms with Gasteiger partial charge in [-0.05, 0) is 70.3 Å². The Kier molecular flexibility index (Phi) is 4.75. The summed E-state index contributed by atoms with van der Waals surface area (Å²) >= 11 is 5.57. The van der Waals surface area contributed by atoms with E-state index in [1.54, 1.807) is 0 Å². The van der Waals surface area contributed by atoms with Crippen molar-refractivity contribution >= 4 is 17.3 Å². The van der Waals surface area contributed by atoms with E-state index in [-0.39, 0.29) is 0 Å². The van der Waals surface area contributed by atoms with Gasteiger partial charge in [-0.25, -0.2) is 0 Å². The highest BCUT2D eigenvalue weighted by Crippen LogP contribution is 2.44. The van der Waals surface area contributed by atoms with Crippen LogP contribution in [0.15, 0.2) is 0 Å². The standard InChI is InChI=1S/C17H31N3S/c1-20(2)17(8-4-3-5-9-17)12-18-16(21)19-15-11-13-6-7-14(15)10-13/h13-15H,3-12H2,1-2H3,(H2,18,19,21)/t13-,14-,15-/m1/s1. The summed E-state index contributed by atoms with van der Waals surface area (Å²) in [5.74, 6) is 1.86. The summed E-state index contributed by atoms with van der Waals surface area (Å²) in [7, 11) is 4.44. The molecule has 0 aromatic rings. The fourth-order valence-electron chi connectivity index (χ4n) is 4.88. The highest BCUT2D eigenvalue weighted by atomic mass is 32.1. The van der Waals surface area contributed by atoms with Gasteiger partial charge in [0.15, 0.2) is 5.11 Å². The molecule has 0 aromatic carbocycles. The van der Waals surface area contributed by atoms with Gasteiger partial charge in [-0.2, -0.15) is 0 Å². The number of hydrogen-bond acceptors (Lipinski definition) is 2. The third kappa shape index (κ3) is 3.37. The summed E-state index contributed by atoms with van der Waals surface area (Å²) in [5, 5.41) is 8.04. The van der Waals surface area contributed by atoms with Crippen LogP contribution in [0.3, 0.4) is 0 Å². The zero-order valence-corrected chi connectivity index (χ0v) is 14.5. The van der Waals surface area contributed by atoms with Crippen LogP contribution < -0.4 is 10.6 Å². The van der Waals surface area contributed by atoms with Crippen molar-refractivity contribution in [3.8, 4) is 0 Å². The molecule has 0 aliphatic heterocycles. The predicted octanol–water partition coefficient (Wildman–Crippen LogP) is 2.90. The lowest BCUT2D eigenvalue weighted by Crippen LogP contribution is -2.56. The van der Waals surface area contributed by atoms with Crippen LogP contribution in [0.4, 0.5) is 0 Å². The summed E-state index contributed by atoms with van der Waals surface area (Å²) in [6.07, 6.45) is 12.3. The van der Waals surface area contributed by atoms with Crippen molar-refractivity contribution in [2.45, 2.75) is 69.4 Å². The number of thiocarbonyl (C=S) groups is 1. The number of hydrogen-bond donors (Lipinski definition) is 2. The van der Waals surface area contributed by atoms with Gasteiger partial charge in [0.25, 0.3) is 0 Å². The molecule has 0 aromatic heterocycles. The second-order valence-corrected chi connectivity index (χ2v) is 8.20. The van der Waals surface area contributed by atoms with Gasteiger partial charge in [0.2, 0.25) is 0 Å². The summed E-state index contributed by atoms with van der Waals surface area (Å²) in [6, 6.07) is 0.644. The highest BCUT2D eigenvalue weighted by molar-refractivity contribution is 7.80. The molecule has 0 unspecified atom stereocenters. The van der Waals surface area contributed by atoms with Crippen molar-refractivity contribution in [1.29, 1.82) is 0 Å². The first-order valence-corrected chi connectivity index (χ1v) is 9.22. The van der Waals surface area contributed by atoms with Crippen LogP contribution in [0.25, 0.3) is 0 Å². The van der Waals surface area contributed by atoms with Gasteiger partial charge in [-0.3, -0.25) is 0 Å². The normalized spacial score (nSPS) is 34.1. The van der Waals surface area contributed by atoms with Gasteiger partial charge in [0.05, 0.1) is 0 Å². The fraction of sp³-hybridized carbons (Fsp3) is 0.941. The molecule has 0 amide bonds. The van der Waals surface area contributed by atoms with E-state index >= 15 is 0 Å². The lowest BCUT2D eigenvalue weighted by atomic mass is 9.80. The lowest BCUT2D eigenvalue weighted by Gasteiger charge is -2.43. The predicted molar refractivity (Wildman–Crippen MR) is 92.5 cm³/mol. The molecule has 0 radical (unpaired) electrons. The third-order valence-corrected chi connectivity index (χ3v) is 6.63. The number of nitrogens with one attached hydrogen (secondary N) is 2.